The molecule has 0 amide bonds. The number of nitrogens with zero attached hydrogens (tertiary/aromatic N) is 1. The second kappa shape index (κ2) is 11.2. The number of thioether (sulfide) groups is 1. The highest BCUT2D eigenvalue weighted by Crippen LogP contribution is 2.39. The van der Waals surface area contributed by atoms with Crippen molar-refractivity contribution >= 4 is 34.6 Å². The summed E-state index contributed by atoms with van der Waals surface area (Å²) in [5.41, 5.74) is -0.849. The average Bonchev–Trinajstić information content (AvgIpc) is 2.74. The minimum Gasteiger partial charge on any atom is -0.302 e. The van der Waals surface area contributed by atoms with Crippen molar-refractivity contribution in [2.24, 2.45) is 5.41 Å². The summed E-state index contributed by atoms with van der Waals surface area (Å²) in [5, 5.41) is 10.9. The third kappa shape index (κ3) is 6.49. The number of hydrogen-bond donors (Lipinski definition) is 0. The first-order valence-corrected chi connectivity index (χ1v) is 11.2. The highest BCUT2D eigenvalue weighted by molar-refractivity contribution is 8.14. The third-order valence-electron chi connectivity index (χ3n) is 5.63. The molecule has 0 spiro atoms. The average molecular weight is 420 g/mol. The Morgan fingerprint density at radius 1 is 1.17 bits per heavy atom. The largest absolute Gasteiger partial charge is 0.302 e. The number of nitro benzene ring substituents is 1. The Morgan fingerprint density at radius 3 is 2.38 bits per heavy atom. The van der Waals surface area contributed by atoms with Crippen molar-refractivity contribution in [2.45, 2.75) is 76.4 Å². The van der Waals surface area contributed by atoms with Gasteiger partial charge in [0.05, 0.1) is 10.3 Å². The van der Waals surface area contributed by atoms with Crippen molar-refractivity contribution < 1.29 is 19.3 Å². The van der Waals surface area contributed by atoms with Gasteiger partial charge >= 0.3 is 0 Å². The van der Waals surface area contributed by atoms with E-state index in [9.17, 15) is 24.5 Å². The van der Waals surface area contributed by atoms with Crippen molar-refractivity contribution in [3.8, 4) is 0 Å². The highest BCUT2D eigenvalue weighted by Gasteiger charge is 2.39. The summed E-state index contributed by atoms with van der Waals surface area (Å²) in [7, 11) is 0. The monoisotopic (exact) mass is 419 g/mol. The molecule has 2 rings (SSSR count). The second-order valence-corrected chi connectivity index (χ2v) is 9.04. The number of carbonyl (C=O) groups excluding carboxylic acids is 3. The zero-order chi connectivity index (χ0) is 21.3. The van der Waals surface area contributed by atoms with Crippen LogP contribution in [0.5, 0.6) is 0 Å². The molecule has 0 heterocycles. The third-order valence-corrected chi connectivity index (χ3v) is 7.06. The number of non-ortho nitro benzene ring substituents is 1. The van der Waals surface area contributed by atoms with E-state index in [1.54, 1.807) is 0 Å². The molecule has 0 bridgehead atoms. The summed E-state index contributed by atoms with van der Waals surface area (Å²) in [6, 6.07) is 5.43. The lowest BCUT2D eigenvalue weighted by atomic mass is 9.80. The number of rotatable bonds is 11. The zero-order valence-electron chi connectivity index (χ0n) is 16.9. The van der Waals surface area contributed by atoms with Gasteiger partial charge in [0.25, 0.3) is 5.69 Å². The molecule has 6 nitrogen and oxygen atoms in total. The van der Waals surface area contributed by atoms with Crippen molar-refractivity contribution in [1.29, 1.82) is 0 Å². The van der Waals surface area contributed by atoms with Gasteiger partial charge < -0.3 is 4.79 Å². The van der Waals surface area contributed by atoms with Crippen LogP contribution in [0, 0.1) is 15.5 Å². The Morgan fingerprint density at radius 2 is 1.83 bits per heavy atom. The van der Waals surface area contributed by atoms with Gasteiger partial charge in [0, 0.05) is 29.4 Å². The van der Waals surface area contributed by atoms with E-state index in [2.05, 4.69) is 0 Å². The number of nitro groups is 1. The van der Waals surface area contributed by atoms with E-state index in [-0.39, 0.29) is 34.7 Å². The summed E-state index contributed by atoms with van der Waals surface area (Å²) in [4.78, 5) is 48.0. The predicted octanol–water partition coefficient (Wildman–Crippen LogP) is 5.53. The first kappa shape index (κ1) is 23.3. The minimum atomic E-state index is -1.13. The van der Waals surface area contributed by atoms with Crippen LogP contribution in [0.25, 0.3) is 0 Å². The van der Waals surface area contributed by atoms with Crippen molar-refractivity contribution in [2.75, 3.05) is 0 Å². The molecule has 0 saturated heterocycles. The van der Waals surface area contributed by atoms with Crippen molar-refractivity contribution in [3.05, 3.63) is 39.9 Å². The molecular weight excluding hydrogens is 390 g/mol. The van der Waals surface area contributed by atoms with E-state index in [0.717, 1.165) is 44.8 Å². The molecule has 0 aromatic heterocycles. The van der Waals surface area contributed by atoms with Gasteiger partial charge in [-0.25, -0.2) is 0 Å². The molecule has 0 unspecified atom stereocenters. The molecule has 0 N–H and O–H groups in total. The van der Waals surface area contributed by atoms with Gasteiger partial charge in [0.1, 0.15) is 6.29 Å². The standard InChI is InChI=1S/C22H29NO5S/c1-2-3-14-22(16-24,21(26)29-19-7-5-4-6-8-19)15-13-20(25)17-9-11-18(12-10-17)23(27)28/h9-12,16,19H,2-8,13-15H2,1H3/t22-/m0/s1. The van der Waals surface area contributed by atoms with Crippen LogP contribution < -0.4 is 0 Å². The fraction of sp³-hybridized carbons (Fsp3) is 0.591. The normalized spacial score (nSPS) is 16.7. The Hall–Kier alpha value is -2.02. The van der Waals surface area contributed by atoms with E-state index in [1.807, 2.05) is 6.92 Å². The lowest BCUT2D eigenvalue weighted by molar-refractivity contribution is -0.384. The van der Waals surface area contributed by atoms with Gasteiger partial charge in [0.15, 0.2) is 5.78 Å². The van der Waals surface area contributed by atoms with Crippen molar-refractivity contribution in [1.82, 2.24) is 0 Å². The van der Waals surface area contributed by atoms with Crippen LogP contribution >= 0.6 is 11.8 Å². The van der Waals surface area contributed by atoms with Crippen LogP contribution in [0.4, 0.5) is 5.69 Å². The molecule has 1 aliphatic rings. The van der Waals surface area contributed by atoms with E-state index in [4.69, 9.17) is 0 Å². The molecule has 1 atom stereocenters. The van der Waals surface area contributed by atoms with E-state index < -0.39 is 10.3 Å². The van der Waals surface area contributed by atoms with Crippen LogP contribution in [0.15, 0.2) is 24.3 Å². The lowest BCUT2D eigenvalue weighted by Crippen LogP contribution is -2.33. The van der Waals surface area contributed by atoms with Gasteiger partial charge in [-0.3, -0.25) is 19.7 Å². The van der Waals surface area contributed by atoms with Gasteiger partial charge in [-0.1, -0.05) is 50.8 Å². The van der Waals surface area contributed by atoms with E-state index >= 15 is 0 Å². The summed E-state index contributed by atoms with van der Waals surface area (Å²) in [6.45, 7) is 2.01. The maximum Gasteiger partial charge on any atom is 0.269 e. The summed E-state index contributed by atoms with van der Waals surface area (Å²) in [5.74, 6) is -0.210. The molecule has 1 fully saturated rings. The number of aldehydes is 1. The molecule has 1 aliphatic carbocycles. The Kier molecular flexibility index (Phi) is 9.01. The molecule has 1 saturated carbocycles. The number of hydrogen-bond acceptors (Lipinski definition) is 6. The first-order chi connectivity index (χ1) is 13.9. The summed E-state index contributed by atoms with van der Waals surface area (Å²) < 4.78 is 0. The Bertz CT molecular complexity index is 727. The van der Waals surface area contributed by atoms with Crippen LogP contribution in [0.2, 0.25) is 0 Å². The number of ketones is 1. The zero-order valence-corrected chi connectivity index (χ0v) is 17.7. The summed E-state index contributed by atoms with van der Waals surface area (Å²) in [6.07, 6.45) is 8.52. The van der Waals surface area contributed by atoms with Gasteiger partial charge in [0.2, 0.25) is 5.12 Å². The number of unbranched alkanes of at least 4 members (excludes halogenated alkanes) is 1. The SMILES string of the molecule is CCCC[C@@](C=O)(CCC(=O)c1ccc([N+](=O)[O-])cc1)C(=O)SC1CCCCC1. The Labute approximate surface area is 176 Å². The number of benzene rings is 1. The first-order valence-electron chi connectivity index (χ1n) is 10.4. The van der Waals surface area contributed by atoms with E-state index in [0.29, 0.717) is 12.0 Å². The van der Waals surface area contributed by atoms with E-state index in [1.165, 1.54) is 42.4 Å². The molecule has 1 aromatic rings. The predicted molar refractivity (Wildman–Crippen MR) is 114 cm³/mol. The molecule has 158 valence electrons. The van der Waals surface area contributed by atoms with Gasteiger partial charge in [-0.2, -0.15) is 0 Å². The fourth-order valence-corrected chi connectivity index (χ4v) is 5.05. The maximum absolute atomic E-state index is 13.1. The topological polar surface area (TPSA) is 94.3 Å². The fourth-order valence-electron chi connectivity index (χ4n) is 3.69. The molecule has 0 aliphatic heterocycles. The van der Waals surface area contributed by atoms with Crippen LogP contribution in [-0.4, -0.2) is 27.4 Å². The van der Waals surface area contributed by atoms with Crippen molar-refractivity contribution in [3.63, 3.8) is 0 Å². The molecule has 7 heteroatoms. The lowest BCUT2D eigenvalue weighted by Gasteiger charge is -2.29. The van der Waals surface area contributed by atoms with Gasteiger partial charge in [-0.15, -0.1) is 0 Å². The highest BCUT2D eigenvalue weighted by atomic mass is 32.2. The second-order valence-electron chi connectivity index (χ2n) is 7.77. The quantitative estimate of drug-likeness (QED) is 0.154. The number of carbonyl (C=O) groups is 3. The molecular formula is C22H29NO5S. The van der Waals surface area contributed by atoms with Crippen LogP contribution in [-0.2, 0) is 9.59 Å². The molecule has 0 radical (unpaired) electrons. The minimum absolute atomic E-state index is 0.0667. The van der Waals surface area contributed by atoms with Crippen LogP contribution in [0.1, 0.15) is 81.5 Å². The smallest absolute Gasteiger partial charge is 0.269 e. The Balaban J connectivity index is 2.07. The molecule has 1 aromatic carbocycles. The number of Topliss-reactive ketones (excluding diaryl/α,β-unsaturated/α-hetero) is 1. The maximum atomic E-state index is 13.1. The molecule has 29 heavy (non-hydrogen) atoms. The van der Waals surface area contributed by atoms with Gasteiger partial charge in [-0.05, 0) is 37.8 Å². The summed E-state index contributed by atoms with van der Waals surface area (Å²) >= 11 is 1.30. The van der Waals surface area contributed by atoms with Crippen LogP contribution in [0.3, 0.4) is 0 Å².